The van der Waals surface area contributed by atoms with Crippen molar-refractivity contribution >= 4 is 21.8 Å². The molecule has 4 heteroatoms. The Labute approximate surface area is 182 Å². The summed E-state index contributed by atoms with van der Waals surface area (Å²) in [5.41, 5.74) is 6.65. The number of halogens is 1. The fraction of sp³-hybridized carbons (Fsp3) is 0. The van der Waals surface area contributed by atoms with Gasteiger partial charge in [0.2, 0.25) is 0 Å². The number of hydrogen-bond donors (Lipinski definition) is 0. The number of aromatic nitrogens is 2. The van der Waals surface area contributed by atoms with Crippen molar-refractivity contribution in [2.75, 3.05) is 0 Å². The van der Waals surface area contributed by atoms with Crippen LogP contribution in [-0.4, -0.2) is 9.97 Å². The molecular formula is C24H16ClN2Ru+. The van der Waals surface area contributed by atoms with E-state index < -0.39 is 0 Å². The molecule has 2 aromatic heterocycles. The zero-order chi connectivity index (χ0) is 17.3. The van der Waals surface area contributed by atoms with Gasteiger partial charge < -0.3 is 12.4 Å². The Bertz CT molecular complexity index is 1130. The van der Waals surface area contributed by atoms with E-state index in [9.17, 15) is 0 Å². The van der Waals surface area contributed by atoms with Crippen LogP contribution in [0.1, 0.15) is 0 Å². The molecule has 5 aromatic rings. The number of benzene rings is 3. The minimum absolute atomic E-state index is 0. The van der Waals surface area contributed by atoms with E-state index in [1.54, 1.807) is 0 Å². The van der Waals surface area contributed by atoms with Crippen molar-refractivity contribution in [2.45, 2.75) is 0 Å². The van der Waals surface area contributed by atoms with Crippen molar-refractivity contribution in [1.82, 2.24) is 9.97 Å². The molecule has 0 aliphatic carbocycles. The van der Waals surface area contributed by atoms with E-state index in [0.717, 1.165) is 21.8 Å². The number of hydrogen-bond acceptors (Lipinski definition) is 2. The summed E-state index contributed by atoms with van der Waals surface area (Å²) in [7, 11) is 0. The molecule has 0 spiro atoms. The Morgan fingerprint density at radius 2 is 0.857 bits per heavy atom. The van der Waals surface area contributed by atoms with Crippen LogP contribution in [0, 0.1) is 0 Å². The SMILES string of the molecule is [Cl-].[Ru+2].c1ccc(-c2ccnc3c2ccc2c(-c4ccccc4)ccnc23)cc1. The van der Waals surface area contributed by atoms with Crippen LogP contribution in [0.3, 0.4) is 0 Å². The standard InChI is InChI=1S/C24H16N2.ClH.Ru/c1-3-7-17(8-4-1)19-13-15-25-23-21(19)11-12-22-20(14-16-26-24(22)23)18-9-5-2-6-10-18;;/h1-16H;1H;/q;;+2/p-1. The van der Waals surface area contributed by atoms with Gasteiger partial charge in [-0.2, -0.15) is 0 Å². The first kappa shape index (κ1) is 20.1. The normalized spacial score (nSPS) is 10.3. The molecule has 136 valence electrons. The number of fused-ring (bicyclic) bond motifs is 3. The summed E-state index contributed by atoms with van der Waals surface area (Å²) in [4.78, 5) is 9.34. The molecular weight excluding hydrogens is 453 g/mol. The maximum atomic E-state index is 4.67. The van der Waals surface area contributed by atoms with Crippen LogP contribution in [0.2, 0.25) is 0 Å². The minimum Gasteiger partial charge on any atom is -1.00 e. The molecule has 0 unspecified atom stereocenters. The predicted octanol–water partition coefficient (Wildman–Crippen LogP) is 3.12. The smallest absolute Gasteiger partial charge is 1.00 e. The summed E-state index contributed by atoms with van der Waals surface area (Å²) in [6.45, 7) is 0. The third-order valence-corrected chi connectivity index (χ3v) is 4.79. The van der Waals surface area contributed by atoms with Crippen molar-refractivity contribution in [3.05, 3.63) is 97.3 Å². The molecule has 0 atom stereocenters. The summed E-state index contributed by atoms with van der Waals surface area (Å²) < 4.78 is 0. The third kappa shape index (κ3) is 3.44. The van der Waals surface area contributed by atoms with Gasteiger partial charge in [0.25, 0.3) is 0 Å². The Kier molecular flexibility index (Phi) is 6.19. The molecule has 0 fully saturated rings. The maximum absolute atomic E-state index is 4.67. The van der Waals surface area contributed by atoms with Crippen molar-refractivity contribution in [3.63, 3.8) is 0 Å². The van der Waals surface area contributed by atoms with Crippen molar-refractivity contribution < 1.29 is 31.9 Å². The topological polar surface area (TPSA) is 25.8 Å². The first-order chi connectivity index (χ1) is 12.9. The summed E-state index contributed by atoms with van der Waals surface area (Å²) >= 11 is 0. The zero-order valence-electron chi connectivity index (χ0n) is 14.9. The fourth-order valence-corrected chi connectivity index (χ4v) is 3.57. The maximum Gasteiger partial charge on any atom is 2.00 e. The quantitative estimate of drug-likeness (QED) is 0.294. The Hall–Kier alpha value is -2.61. The number of pyridine rings is 2. The summed E-state index contributed by atoms with van der Waals surface area (Å²) in [5.74, 6) is 0. The predicted molar refractivity (Wildman–Crippen MR) is 108 cm³/mol. The Balaban J connectivity index is 0.00000112. The molecule has 3 aromatic carbocycles. The molecule has 0 aliphatic heterocycles. The van der Waals surface area contributed by atoms with E-state index in [2.05, 4.69) is 82.8 Å². The van der Waals surface area contributed by atoms with Gasteiger partial charge in [-0.3, -0.25) is 9.97 Å². The summed E-state index contributed by atoms with van der Waals surface area (Å²) in [6, 6.07) is 29.3. The zero-order valence-corrected chi connectivity index (χ0v) is 17.4. The summed E-state index contributed by atoms with van der Waals surface area (Å²) in [5, 5.41) is 2.26. The first-order valence-electron chi connectivity index (χ1n) is 8.69. The molecule has 0 saturated carbocycles. The van der Waals surface area contributed by atoms with E-state index in [1.807, 2.05) is 24.5 Å². The molecule has 0 aliphatic rings. The van der Waals surface area contributed by atoms with Crippen LogP contribution in [0.15, 0.2) is 97.3 Å². The van der Waals surface area contributed by atoms with Gasteiger partial charge in [0.15, 0.2) is 0 Å². The first-order valence-corrected chi connectivity index (χ1v) is 8.69. The number of rotatable bonds is 2. The minimum atomic E-state index is 0. The molecule has 28 heavy (non-hydrogen) atoms. The molecule has 5 rings (SSSR count). The van der Waals surface area contributed by atoms with Crippen molar-refractivity contribution in [1.29, 1.82) is 0 Å². The van der Waals surface area contributed by atoms with Crippen LogP contribution < -0.4 is 12.4 Å². The van der Waals surface area contributed by atoms with Gasteiger partial charge in [-0.25, -0.2) is 0 Å². The van der Waals surface area contributed by atoms with E-state index in [0.29, 0.717) is 0 Å². The molecule has 0 N–H and O–H groups in total. The van der Waals surface area contributed by atoms with Gasteiger partial charge in [0.05, 0.1) is 11.0 Å². The van der Waals surface area contributed by atoms with Crippen molar-refractivity contribution in [3.8, 4) is 22.3 Å². The summed E-state index contributed by atoms with van der Waals surface area (Å²) in [6.07, 6.45) is 3.75. The molecule has 0 saturated heterocycles. The van der Waals surface area contributed by atoms with Crippen LogP contribution in [-0.2, 0) is 19.5 Å². The third-order valence-electron chi connectivity index (χ3n) is 4.79. The van der Waals surface area contributed by atoms with E-state index in [4.69, 9.17) is 0 Å². The van der Waals surface area contributed by atoms with Crippen LogP contribution in [0.4, 0.5) is 0 Å². The van der Waals surface area contributed by atoms with E-state index in [1.165, 1.54) is 22.3 Å². The molecule has 0 amide bonds. The van der Waals surface area contributed by atoms with Gasteiger partial charge in [-0.05, 0) is 34.4 Å². The second kappa shape index (κ2) is 8.60. The van der Waals surface area contributed by atoms with Gasteiger partial charge in [-0.1, -0.05) is 72.8 Å². The van der Waals surface area contributed by atoms with Crippen molar-refractivity contribution in [2.24, 2.45) is 0 Å². The van der Waals surface area contributed by atoms with Crippen LogP contribution >= 0.6 is 0 Å². The van der Waals surface area contributed by atoms with E-state index >= 15 is 0 Å². The van der Waals surface area contributed by atoms with E-state index in [-0.39, 0.29) is 31.9 Å². The monoisotopic (exact) mass is 469 g/mol. The second-order valence-corrected chi connectivity index (χ2v) is 6.31. The largest absolute Gasteiger partial charge is 2.00 e. The van der Waals surface area contributed by atoms with Gasteiger partial charge >= 0.3 is 19.5 Å². The molecule has 0 bridgehead atoms. The van der Waals surface area contributed by atoms with Crippen LogP contribution in [0.5, 0.6) is 0 Å². The number of nitrogens with zero attached hydrogens (tertiary/aromatic N) is 2. The second-order valence-electron chi connectivity index (χ2n) is 6.31. The average Bonchev–Trinajstić information content (AvgIpc) is 2.74. The molecule has 0 radical (unpaired) electrons. The van der Waals surface area contributed by atoms with Gasteiger partial charge in [-0.15, -0.1) is 0 Å². The van der Waals surface area contributed by atoms with Gasteiger partial charge in [0, 0.05) is 23.2 Å². The average molecular weight is 469 g/mol. The molecule has 2 nitrogen and oxygen atoms in total. The van der Waals surface area contributed by atoms with Crippen LogP contribution in [0.25, 0.3) is 44.1 Å². The molecule has 2 heterocycles. The Morgan fingerprint density at radius 1 is 0.464 bits per heavy atom. The Morgan fingerprint density at radius 3 is 1.25 bits per heavy atom. The van der Waals surface area contributed by atoms with Gasteiger partial charge in [0.1, 0.15) is 0 Å². The fourth-order valence-electron chi connectivity index (χ4n) is 3.57.